The molecule has 30 heavy (non-hydrogen) atoms. The molecule has 2 aromatic rings. The Bertz CT molecular complexity index is 711. The summed E-state index contributed by atoms with van der Waals surface area (Å²) in [5.74, 6) is 2.91. The molecule has 1 aliphatic heterocycles. The van der Waals surface area contributed by atoms with Crippen LogP contribution in [0, 0.1) is 0 Å². The smallest absolute Gasteiger partial charge is 0.161 e. The third-order valence-electron chi connectivity index (χ3n) is 4.77. The summed E-state index contributed by atoms with van der Waals surface area (Å²) < 4.78 is 34.9. The number of hydrogen-bond acceptors (Lipinski definition) is 6. The van der Waals surface area contributed by atoms with Crippen molar-refractivity contribution in [3.63, 3.8) is 0 Å². The molecule has 0 fully saturated rings. The molecule has 2 aromatic carbocycles. The molecule has 0 bridgehead atoms. The van der Waals surface area contributed by atoms with Gasteiger partial charge in [0.15, 0.2) is 23.0 Å². The number of benzene rings is 2. The maximum atomic E-state index is 5.91. The molecule has 0 aromatic heterocycles. The van der Waals surface area contributed by atoms with Gasteiger partial charge in [-0.15, -0.1) is 0 Å². The van der Waals surface area contributed by atoms with Crippen LogP contribution >= 0.6 is 0 Å². The van der Waals surface area contributed by atoms with E-state index in [0.717, 1.165) is 35.8 Å². The fourth-order valence-electron chi connectivity index (χ4n) is 3.06. The molecule has 0 amide bonds. The van der Waals surface area contributed by atoms with E-state index in [1.807, 2.05) is 24.3 Å². The van der Waals surface area contributed by atoms with Crippen LogP contribution < -0.4 is 18.9 Å². The van der Waals surface area contributed by atoms with E-state index < -0.39 is 0 Å². The number of rotatable bonds is 2. The quantitative estimate of drug-likeness (QED) is 0.736. The molecule has 6 nitrogen and oxygen atoms in total. The number of ether oxygens (including phenoxy) is 6. The molecule has 0 spiro atoms. The van der Waals surface area contributed by atoms with E-state index in [2.05, 4.69) is 26.0 Å². The summed E-state index contributed by atoms with van der Waals surface area (Å²) in [4.78, 5) is 0. The molecule has 0 saturated carbocycles. The fourth-order valence-corrected chi connectivity index (χ4v) is 3.06. The van der Waals surface area contributed by atoms with Crippen LogP contribution in [-0.2, 0) is 22.3 Å². The van der Waals surface area contributed by atoms with Crippen LogP contribution in [0.3, 0.4) is 0 Å². The first kappa shape index (κ1) is 22.2. The van der Waals surface area contributed by atoms with E-state index in [0.29, 0.717) is 52.9 Å². The van der Waals surface area contributed by atoms with Crippen molar-refractivity contribution >= 4 is 0 Å². The highest BCUT2D eigenvalue weighted by Crippen LogP contribution is 2.30. The molecule has 1 aliphatic rings. The lowest BCUT2D eigenvalue weighted by molar-refractivity contribution is 0.0640. The van der Waals surface area contributed by atoms with Gasteiger partial charge >= 0.3 is 0 Å². The van der Waals surface area contributed by atoms with Crippen molar-refractivity contribution in [2.75, 3.05) is 52.9 Å². The summed E-state index contributed by atoms with van der Waals surface area (Å²) >= 11 is 0. The van der Waals surface area contributed by atoms with Crippen LogP contribution in [-0.4, -0.2) is 52.9 Å². The zero-order valence-electron chi connectivity index (χ0n) is 18.0. The third kappa shape index (κ3) is 6.82. The zero-order chi connectivity index (χ0) is 21.0. The molecular formula is C24H32O6. The lowest BCUT2D eigenvalue weighted by atomic mass is 10.1. The second-order valence-electron chi connectivity index (χ2n) is 6.89. The topological polar surface area (TPSA) is 55.4 Å². The Labute approximate surface area is 179 Å². The number of fused-ring (bicyclic) bond motifs is 2. The zero-order valence-corrected chi connectivity index (χ0v) is 18.0. The Morgan fingerprint density at radius 1 is 0.500 bits per heavy atom. The Hall–Kier alpha value is -2.44. The summed E-state index contributed by atoms with van der Waals surface area (Å²) in [6.07, 6.45) is 1.88. The third-order valence-corrected chi connectivity index (χ3v) is 4.77. The van der Waals surface area contributed by atoms with Crippen molar-refractivity contribution in [3.05, 3.63) is 47.5 Å². The highest BCUT2D eigenvalue weighted by Gasteiger charge is 2.09. The van der Waals surface area contributed by atoms with Gasteiger partial charge in [0, 0.05) is 0 Å². The Balaban J connectivity index is 1.61. The predicted octanol–water partition coefficient (Wildman–Crippen LogP) is 4.07. The number of hydrogen-bond donors (Lipinski definition) is 0. The lowest BCUT2D eigenvalue weighted by Crippen LogP contribution is -2.15. The van der Waals surface area contributed by atoms with Gasteiger partial charge in [-0.3, -0.25) is 0 Å². The van der Waals surface area contributed by atoms with Crippen molar-refractivity contribution in [3.8, 4) is 23.0 Å². The van der Waals surface area contributed by atoms with Gasteiger partial charge in [-0.25, -0.2) is 0 Å². The van der Waals surface area contributed by atoms with Gasteiger partial charge in [0.25, 0.3) is 0 Å². The van der Waals surface area contributed by atoms with E-state index in [1.165, 1.54) is 11.1 Å². The van der Waals surface area contributed by atoms with Crippen LogP contribution in [0.15, 0.2) is 36.4 Å². The molecule has 0 radical (unpaired) electrons. The van der Waals surface area contributed by atoms with Crippen LogP contribution in [0.4, 0.5) is 0 Å². The predicted molar refractivity (Wildman–Crippen MR) is 115 cm³/mol. The first-order valence-corrected chi connectivity index (χ1v) is 10.7. The lowest BCUT2D eigenvalue weighted by Gasteiger charge is -2.16. The van der Waals surface area contributed by atoms with Crippen molar-refractivity contribution in [1.82, 2.24) is 0 Å². The normalized spacial score (nSPS) is 16.3. The van der Waals surface area contributed by atoms with Crippen LogP contribution in [0.25, 0.3) is 0 Å². The molecule has 0 unspecified atom stereocenters. The van der Waals surface area contributed by atoms with Crippen LogP contribution in [0.1, 0.15) is 25.0 Å². The molecule has 6 heteroatoms. The van der Waals surface area contributed by atoms with Crippen LogP contribution in [0.5, 0.6) is 23.0 Å². The van der Waals surface area contributed by atoms with E-state index in [1.54, 1.807) is 0 Å². The van der Waals surface area contributed by atoms with Crippen LogP contribution in [0.2, 0.25) is 0 Å². The summed E-state index contributed by atoms with van der Waals surface area (Å²) in [5, 5.41) is 0. The van der Waals surface area contributed by atoms with Gasteiger partial charge in [-0.05, 0) is 48.2 Å². The van der Waals surface area contributed by atoms with E-state index >= 15 is 0 Å². The second kappa shape index (κ2) is 12.3. The van der Waals surface area contributed by atoms with Gasteiger partial charge in [0.2, 0.25) is 0 Å². The average molecular weight is 417 g/mol. The summed E-state index contributed by atoms with van der Waals surface area (Å²) in [7, 11) is 0. The molecule has 164 valence electrons. The van der Waals surface area contributed by atoms with E-state index in [9.17, 15) is 0 Å². The average Bonchev–Trinajstić information content (AvgIpc) is 2.78. The summed E-state index contributed by atoms with van der Waals surface area (Å²) in [6.45, 7) is 7.89. The second-order valence-corrected chi connectivity index (χ2v) is 6.89. The summed E-state index contributed by atoms with van der Waals surface area (Å²) in [5.41, 5.74) is 2.40. The first-order chi connectivity index (χ1) is 14.8. The molecular weight excluding hydrogens is 384 g/mol. The van der Waals surface area contributed by atoms with E-state index in [4.69, 9.17) is 28.4 Å². The minimum atomic E-state index is 0.442. The maximum absolute atomic E-state index is 5.91. The molecule has 0 saturated heterocycles. The van der Waals surface area contributed by atoms with Gasteiger partial charge in [0.1, 0.15) is 26.4 Å². The largest absolute Gasteiger partial charge is 0.487 e. The Kier molecular flexibility index (Phi) is 9.12. The van der Waals surface area contributed by atoms with Gasteiger partial charge < -0.3 is 28.4 Å². The molecule has 0 aliphatic carbocycles. The standard InChI is InChI=1S/C24H32O6/c1-3-19-5-7-21-23(17-19)29-15-11-25-10-14-28-22-8-6-20(4-2)18-24(22)30-16-12-26-9-13-27-21/h5-8,17-18H,3-4,9-16H2,1-2H3. The Morgan fingerprint density at radius 3 is 1.23 bits per heavy atom. The molecule has 3 rings (SSSR count). The number of aryl methyl sites for hydroxylation is 2. The monoisotopic (exact) mass is 416 g/mol. The molecule has 0 N–H and O–H groups in total. The van der Waals surface area contributed by atoms with E-state index in [-0.39, 0.29) is 0 Å². The van der Waals surface area contributed by atoms with Gasteiger partial charge in [-0.2, -0.15) is 0 Å². The minimum absolute atomic E-state index is 0.442. The molecule has 0 atom stereocenters. The summed E-state index contributed by atoms with van der Waals surface area (Å²) in [6, 6.07) is 12.1. The van der Waals surface area contributed by atoms with Crippen molar-refractivity contribution in [2.45, 2.75) is 26.7 Å². The molecule has 1 heterocycles. The highest BCUT2D eigenvalue weighted by atomic mass is 16.6. The fraction of sp³-hybridized carbons (Fsp3) is 0.500. The SMILES string of the molecule is CCc1ccc2c(c1)OCCOCCOc1ccc(CC)cc1OCCOCCO2. The van der Waals surface area contributed by atoms with Crippen molar-refractivity contribution in [2.24, 2.45) is 0 Å². The maximum Gasteiger partial charge on any atom is 0.161 e. The minimum Gasteiger partial charge on any atom is -0.487 e. The van der Waals surface area contributed by atoms with Gasteiger partial charge in [-0.1, -0.05) is 26.0 Å². The van der Waals surface area contributed by atoms with Gasteiger partial charge in [0.05, 0.1) is 26.4 Å². The highest BCUT2D eigenvalue weighted by molar-refractivity contribution is 5.43. The van der Waals surface area contributed by atoms with Crippen molar-refractivity contribution in [1.29, 1.82) is 0 Å². The Morgan fingerprint density at radius 2 is 0.867 bits per heavy atom. The van der Waals surface area contributed by atoms with Crippen molar-refractivity contribution < 1.29 is 28.4 Å². The first-order valence-electron chi connectivity index (χ1n) is 10.7.